The van der Waals surface area contributed by atoms with Crippen molar-refractivity contribution >= 4 is 27.7 Å². The van der Waals surface area contributed by atoms with Gasteiger partial charge in [0.1, 0.15) is 5.69 Å². The highest BCUT2D eigenvalue weighted by atomic mass is 79.9. The molecular formula is C12H12BrFN4O. The molecule has 2 aromatic heterocycles. The van der Waals surface area contributed by atoms with E-state index in [0.717, 1.165) is 0 Å². The lowest BCUT2D eigenvalue weighted by Gasteiger charge is -2.17. The fraction of sp³-hybridized carbons (Fsp3) is 0.250. The van der Waals surface area contributed by atoms with E-state index in [1.807, 2.05) is 6.92 Å². The van der Waals surface area contributed by atoms with Crippen LogP contribution in [0.1, 0.15) is 17.4 Å². The monoisotopic (exact) mass is 326 g/mol. The molecule has 0 aliphatic carbocycles. The maximum atomic E-state index is 13.6. The van der Waals surface area contributed by atoms with Crippen molar-refractivity contribution in [3.05, 3.63) is 40.5 Å². The Bertz CT molecular complexity index is 614. The molecule has 2 aromatic rings. The molecular weight excluding hydrogens is 315 g/mol. The molecule has 2 rings (SSSR count). The van der Waals surface area contributed by atoms with Crippen molar-refractivity contribution in [2.75, 3.05) is 11.9 Å². The topological polar surface area (TPSA) is 51.0 Å². The number of halogens is 2. The van der Waals surface area contributed by atoms with Crippen molar-refractivity contribution in [1.29, 1.82) is 0 Å². The Balaban J connectivity index is 2.39. The number of carbonyl (C=O) groups excluding carboxylic acids is 1. The van der Waals surface area contributed by atoms with Crippen LogP contribution in [0.25, 0.3) is 0 Å². The van der Waals surface area contributed by atoms with Crippen LogP contribution in [0.3, 0.4) is 0 Å². The summed E-state index contributed by atoms with van der Waals surface area (Å²) >= 11 is 3.27. The first-order chi connectivity index (χ1) is 9.06. The Hall–Kier alpha value is -1.76. The largest absolute Gasteiger partial charge is 0.292 e. The smallest absolute Gasteiger partial charge is 0.278 e. The zero-order valence-electron chi connectivity index (χ0n) is 10.5. The van der Waals surface area contributed by atoms with Crippen LogP contribution in [0, 0.1) is 5.82 Å². The Morgan fingerprint density at radius 3 is 2.95 bits per heavy atom. The van der Waals surface area contributed by atoms with Gasteiger partial charge in [-0.15, -0.1) is 0 Å². The standard InChI is InChI=1S/C12H12BrFN4O/c1-3-18-10(8(13)7-16-18)12(19)17(2)11-9(14)5-4-6-15-11/h4-7H,3H2,1-2H3. The second-order valence-corrected chi connectivity index (χ2v) is 4.68. The highest BCUT2D eigenvalue weighted by molar-refractivity contribution is 9.10. The molecule has 0 fully saturated rings. The van der Waals surface area contributed by atoms with Gasteiger partial charge in [-0.3, -0.25) is 14.4 Å². The third kappa shape index (κ3) is 2.51. The molecule has 2 heterocycles. The second-order valence-electron chi connectivity index (χ2n) is 3.83. The van der Waals surface area contributed by atoms with E-state index in [9.17, 15) is 9.18 Å². The number of carbonyl (C=O) groups is 1. The van der Waals surface area contributed by atoms with Crippen LogP contribution < -0.4 is 4.90 Å². The summed E-state index contributed by atoms with van der Waals surface area (Å²) in [7, 11) is 1.48. The van der Waals surface area contributed by atoms with Crippen molar-refractivity contribution in [3.8, 4) is 0 Å². The van der Waals surface area contributed by atoms with Crippen molar-refractivity contribution in [2.24, 2.45) is 0 Å². The minimum absolute atomic E-state index is 0.0109. The highest BCUT2D eigenvalue weighted by Crippen LogP contribution is 2.21. The summed E-state index contributed by atoms with van der Waals surface area (Å²) in [5.41, 5.74) is 0.370. The summed E-state index contributed by atoms with van der Waals surface area (Å²) in [6, 6.07) is 2.74. The molecule has 0 aromatic carbocycles. The predicted molar refractivity (Wildman–Crippen MR) is 72.5 cm³/mol. The Labute approximate surface area is 118 Å². The molecule has 100 valence electrons. The van der Waals surface area contributed by atoms with Gasteiger partial charge in [-0.05, 0) is 35.0 Å². The molecule has 0 saturated heterocycles. The predicted octanol–water partition coefficient (Wildman–Crippen LogP) is 2.48. The molecule has 5 nitrogen and oxygen atoms in total. The fourth-order valence-corrected chi connectivity index (χ4v) is 2.16. The molecule has 0 saturated carbocycles. The van der Waals surface area contributed by atoms with E-state index >= 15 is 0 Å². The van der Waals surface area contributed by atoms with Gasteiger partial charge in [-0.25, -0.2) is 9.37 Å². The van der Waals surface area contributed by atoms with Crippen LogP contribution in [0.5, 0.6) is 0 Å². The molecule has 0 aliphatic heterocycles. The maximum Gasteiger partial charge on any atom is 0.278 e. The summed E-state index contributed by atoms with van der Waals surface area (Å²) < 4.78 is 15.8. The van der Waals surface area contributed by atoms with Gasteiger partial charge in [0.2, 0.25) is 0 Å². The van der Waals surface area contributed by atoms with E-state index in [1.54, 1.807) is 10.9 Å². The van der Waals surface area contributed by atoms with Gasteiger partial charge in [-0.1, -0.05) is 0 Å². The van der Waals surface area contributed by atoms with Gasteiger partial charge in [0.25, 0.3) is 5.91 Å². The van der Waals surface area contributed by atoms with Crippen LogP contribution in [-0.2, 0) is 6.54 Å². The zero-order chi connectivity index (χ0) is 14.0. The molecule has 0 bridgehead atoms. The van der Waals surface area contributed by atoms with Gasteiger partial charge < -0.3 is 0 Å². The number of anilines is 1. The van der Waals surface area contributed by atoms with Gasteiger partial charge in [-0.2, -0.15) is 5.10 Å². The first-order valence-electron chi connectivity index (χ1n) is 5.66. The second kappa shape index (κ2) is 5.48. The number of amides is 1. The first kappa shape index (κ1) is 13.7. The molecule has 0 radical (unpaired) electrons. The van der Waals surface area contributed by atoms with Gasteiger partial charge in [0.05, 0.1) is 10.7 Å². The molecule has 0 aliphatic rings. The van der Waals surface area contributed by atoms with E-state index < -0.39 is 5.82 Å². The third-order valence-corrected chi connectivity index (χ3v) is 3.24. The fourth-order valence-electron chi connectivity index (χ4n) is 1.69. The quantitative estimate of drug-likeness (QED) is 0.870. The van der Waals surface area contributed by atoms with Crippen LogP contribution in [0.4, 0.5) is 10.2 Å². The number of nitrogens with zero attached hydrogens (tertiary/aromatic N) is 4. The van der Waals surface area contributed by atoms with Gasteiger partial charge >= 0.3 is 0 Å². The lowest BCUT2D eigenvalue weighted by molar-refractivity contribution is 0.0980. The van der Waals surface area contributed by atoms with Crippen LogP contribution in [0.15, 0.2) is 29.0 Å². The molecule has 0 atom stereocenters. The molecule has 1 amide bonds. The van der Waals surface area contributed by atoms with Crippen molar-refractivity contribution in [2.45, 2.75) is 13.5 Å². The minimum atomic E-state index is -0.544. The minimum Gasteiger partial charge on any atom is -0.292 e. The van der Waals surface area contributed by atoms with E-state index in [2.05, 4.69) is 26.0 Å². The van der Waals surface area contributed by atoms with Crippen LogP contribution >= 0.6 is 15.9 Å². The molecule has 0 N–H and O–H groups in total. The van der Waals surface area contributed by atoms with E-state index in [4.69, 9.17) is 0 Å². The first-order valence-corrected chi connectivity index (χ1v) is 6.45. The molecule has 7 heteroatoms. The molecule has 0 unspecified atom stereocenters. The summed E-state index contributed by atoms with van der Waals surface area (Å²) in [5.74, 6) is -0.927. The lowest BCUT2D eigenvalue weighted by atomic mass is 10.3. The normalized spacial score (nSPS) is 10.5. The molecule has 0 spiro atoms. The highest BCUT2D eigenvalue weighted by Gasteiger charge is 2.23. The molecule has 19 heavy (non-hydrogen) atoms. The Morgan fingerprint density at radius 2 is 2.32 bits per heavy atom. The average molecular weight is 327 g/mol. The van der Waals surface area contributed by atoms with E-state index in [0.29, 0.717) is 16.7 Å². The van der Waals surface area contributed by atoms with Crippen LogP contribution in [-0.4, -0.2) is 27.7 Å². The number of pyridine rings is 1. The number of aromatic nitrogens is 3. The summed E-state index contributed by atoms with van der Waals surface area (Å²) in [4.78, 5) is 17.4. The summed E-state index contributed by atoms with van der Waals surface area (Å²) in [6.45, 7) is 2.42. The van der Waals surface area contributed by atoms with Gasteiger partial charge in [0.15, 0.2) is 11.6 Å². The summed E-state index contributed by atoms with van der Waals surface area (Å²) in [5, 5.41) is 4.06. The zero-order valence-corrected chi connectivity index (χ0v) is 12.1. The Kier molecular flexibility index (Phi) is 3.94. The number of hydrogen-bond donors (Lipinski definition) is 0. The van der Waals surface area contributed by atoms with Crippen LogP contribution in [0.2, 0.25) is 0 Å². The number of hydrogen-bond acceptors (Lipinski definition) is 3. The van der Waals surface area contributed by atoms with E-state index in [-0.39, 0.29) is 11.7 Å². The average Bonchev–Trinajstić information content (AvgIpc) is 2.78. The number of aryl methyl sites for hydroxylation is 1. The summed E-state index contributed by atoms with van der Waals surface area (Å²) in [6.07, 6.45) is 2.98. The SMILES string of the molecule is CCn1ncc(Br)c1C(=O)N(C)c1ncccc1F. The van der Waals surface area contributed by atoms with Crippen molar-refractivity contribution in [1.82, 2.24) is 14.8 Å². The lowest BCUT2D eigenvalue weighted by Crippen LogP contribution is -2.30. The number of rotatable bonds is 3. The maximum absolute atomic E-state index is 13.6. The third-order valence-electron chi connectivity index (χ3n) is 2.66. The van der Waals surface area contributed by atoms with Crippen molar-refractivity contribution in [3.63, 3.8) is 0 Å². The van der Waals surface area contributed by atoms with Crippen molar-refractivity contribution < 1.29 is 9.18 Å². The van der Waals surface area contributed by atoms with E-state index in [1.165, 1.54) is 30.3 Å². The Morgan fingerprint density at radius 1 is 1.58 bits per heavy atom. The van der Waals surface area contributed by atoms with Gasteiger partial charge in [0, 0.05) is 19.8 Å².